The molecule has 4 aromatic carbocycles. The van der Waals surface area contributed by atoms with Crippen LogP contribution in [0, 0.1) is 10.1 Å². The molecule has 0 heterocycles. The SMILES string of the molecule is COP(=O)(OC)[C@H](c1ccccc1)N(Cc1ccccc1)C[C@@H](OC(=O)c1ccc([N+](=O)[O-])cc1)c1ccccc1. The molecule has 4 rings (SSSR count). The number of carbonyl (C=O) groups excluding carboxylic acids is 1. The summed E-state index contributed by atoms with van der Waals surface area (Å²) >= 11 is 0. The van der Waals surface area contributed by atoms with Crippen LogP contribution in [0.5, 0.6) is 0 Å². The number of ether oxygens (including phenoxy) is 1. The molecular weight excluding hydrogens is 543 g/mol. The largest absolute Gasteiger partial charge is 0.453 e. The fourth-order valence-electron chi connectivity index (χ4n) is 4.57. The van der Waals surface area contributed by atoms with E-state index in [0.717, 1.165) is 11.1 Å². The number of hydrogen-bond acceptors (Lipinski definition) is 8. The zero-order chi connectivity index (χ0) is 29.2. The predicted octanol–water partition coefficient (Wildman–Crippen LogP) is 7.18. The van der Waals surface area contributed by atoms with E-state index in [0.29, 0.717) is 12.1 Å². The maximum absolute atomic E-state index is 14.1. The number of hydrogen-bond donors (Lipinski definition) is 0. The Hall–Kier alpha value is -4.14. The summed E-state index contributed by atoms with van der Waals surface area (Å²) in [5.74, 6) is -1.48. The van der Waals surface area contributed by atoms with Gasteiger partial charge >= 0.3 is 13.6 Å². The molecule has 0 aromatic heterocycles. The number of rotatable bonds is 13. The Morgan fingerprint density at radius 2 is 1.32 bits per heavy atom. The lowest BCUT2D eigenvalue weighted by atomic mass is 10.1. The van der Waals surface area contributed by atoms with Crippen LogP contribution in [0.25, 0.3) is 0 Å². The van der Waals surface area contributed by atoms with E-state index in [4.69, 9.17) is 13.8 Å². The first-order chi connectivity index (χ1) is 19.8. The number of esters is 1. The highest BCUT2D eigenvalue weighted by molar-refractivity contribution is 7.54. The smallest absolute Gasteiger partial charge is 0.351 e. The molecule has 0 radical (unpaired) electrons. The van der Waals surface area contributed by atoms with Gasteiger partial charge < -0.3 is 13.8 Å². The Morgan fingerprint density at radius 1 is 0.805 bits per heavy atom. The summed E-state index contributed by atoms with van der Waals surface area (Å²) in [5.41, 5.74) is 2.42. The molecule has 0 saturated heterocycles. The Balaban J connectivity index is 1.76. The lowest BCUT2D eigenvalue weighted by molar-refractivity contribution is -0.384. The molecule has 0 aliphatic heterocycles. The van der Waals surface area contributed by atoms with Crippen molar-refractivity contribution in [3.8, 4) is 0 Å². The van der Waals surface area contributed by atoms with E-state index in [1.54, 1.807) is 0 Å². The van der Waals surface area contributed by atoms with Crippen molar-refractivity contribution in [2.45, 2.75) is 18.4 Å². The van der Waals surface area contributed by atoms with Crippen LogP contribution in [0.4, 0.5) is 5.69 Å². The van der Waals surface area contributed by atoms with Crippen LogP contribution in [0.2, 0.25) is 0 Å². The van der Waals surface area contributed by atoms with Crippen LogP contribution in [-0.4, -0.2) is 36.6 Å². The first kappa shape index (κ1) is 29.8. The standard InChI is InChI=1S/C31H31N2O7P/c1-38-41(37,39-2)30(26-16-10-5-11-17-26)32(22-24-12-6-3-7-13-24)23-29(25-14-8-4-9-15-25)40-31(34)27-18-20-28(21-19-27)33(35)36/h3-21,29-30H,22-23H2,1-2H3/t29-,30-/m1/s1. The summed E-state index contributed by atoms with van der Waals surface area (Å²) in [7, 11) is -1.04. The third-order valence-corrected chi connectivity index (χ3v) is 8.86. The maximum Gasteiger partial charge on any atom is 0.351 e. The Bertz CT molecular complexity index is 1460. The number of non-ortho nitro benzene ring substituents is 1. The number of nitro benzene ring substituents is 1. The number of carbonyl (C=O) groups is 1. The minimum absolute atomic E-state index is 0.129. The topological polar surface area (TPSA) is 108 Å². The van der Waals surface area contributed by atoms with Crippen LogP contribution < -0.4 is 0 Å². The van der Waals surface area contributed by atoms with Gasteiger partial charge in [-0.2, -0.15) is 0 Å². The van der Waals surface area contributed by atoms with Gasteiger partial charge in [0, 0.05) is 39.4 Å². The zero-order valence-electron chi connectivity index (χ0n) is 22.7. The number of benzene rings is 4. The van der Waals surface area contributed by atoms with Gasteiger partial charge in [-0.3, -0.25) is 19.6 Å². The molecule has 2 atom stereocenters. The van der Waals surface area contributed by atoms with Crippen LogP contribution >= 0.6 is 7.60 Å². The van der Waals surface area contributed by atoms with E-state index >= 15 is 0 Å². The number of nitro groups is 1. The molecule has 9 nitrogen and oxygen atoms in total. The van der Waals surface area contributed by atoms with Crippen molar-refractivity contribution in [1.82, 2.24) is 4.90 Å². The lowest BCUT2D eigenvalue weighted by Gasteiger charge is -2.37. The van der Waals surface area contributed by atoms with E-state index in [1.165, 1.54) is 38.5 Å². The van der Waals surface area contributed by atoms with Gasteiger partial charge in [0.15, 0.2) is 0 Å². The van der Waals surface area contributed by atoms with Crippen molar-refractivity contribution in [1.29, 1.82) is 0 Å². The van der Waals surface area contributed by atoms with Gasteiger partial charge in [-0.25, -0.2) is 4.79 Å². The van der Waals surface area contributed by atoms with Crippen molar-refractivity contribution < 1.29 is 28.1 Å². The Morgan fingerprint density at radius 3 is 1.83 bits per heavy atom. The second-order valence-corrected chi connectivity index (χ2v) is 11.5. The van der Waals surface area contributed by atoms with Crippen molar-refractivity contribution in [3.05, 3.63) is 148 Å². The molecule has 0 spiro atoms. The highest BCUT2D eigenvalue weighted by Gasteiger charge is 2.41. The molecule has 0 unspecified atom stereocenters. The summed E-state index contributed by atoms with van der Waals surface area (Å²) in [5, 5.41) is 11.1. The van der Waals surface area contributed by atoms with Gasteiger partial charge in [0.05, 0.1) is 10.5 Å². The predicted molar refractivity (Wildman–Crippen MR) is 155 cm³/mol. The molecule has 10 heteroatoms. The molecule has 0 N–H and O–H groups in total. The van der Waals surface area contributed by atoms with E-state index in [9.17, 15) is 19.5 Å². The minimum atomic E-state index is -3.74. The summed E-state index contributed by atoms with van der Waals surface area (Å²) in [6, 6.07) is 33.4. The molecule has 0 aliphatic carbocycles. The third kappa shape index (κ3) is 7.54. The number of nitrogens with zero attached hydrogens (tertiary/aromatic N) is 2. The van der Waals surface area contributed by atoms with Gasteiger partial charge in [0.2, 0.25) is 0 Å². The zero-order valence-corrected chi connectivity index (χ0v) is 23.6. The molecule has 0 saturated carbocycles. The summed E-state index contributed by atoms with van der Waals surface area (Å²) in [6.45, 7) is 0.476. The summed E-state index contributed by atoms with van der Waals surface area (Å²) in [6.07, 6.45) is -0.795. The fourth-order valence-corrected chi connectivity index (χ4v) is 6.23. The van der Waals surface area contributed by atoms with Crippen LogP contribution in [0.15, 0.2) is 115 Å². The Kier molecular flexibility index (Phi) is 10.2. The molecule has 4 aromatic rings. The summed E-state index contributed by atoms with van der Waals surface area (Å²) in [4.78, 5) is 25.8. The highest BCUT2D eigenvalue weighted by Crippen LogP contribution is 2.61. The van der Waals surface area contributed by atoms with Crippen molar-refractivity contribution in [2.24, 2.45) is 0 Å². The van der Waals surface area contributed by atoms with Crippen molar-refractivity contribution in [2.75, 3.05) is 20.8 Å². The second-order valence-electron chi connectivity index (χ2n) is 9.21. The van der Waals surface area contributed by atoms with E-state index in [2.05, 4.69) is 0 Å². The van der Waals surface area contributed by atoms with E-state index < -0.39 is 30.4 Å². The van der Waals surface area contributed by atoms with Crippen LogP contribution in [0.3, 0.4) is 0 Å². The van der Waals surface area contributed by atoms with E-state index in [-0.39, 0.29) is 17.8 Å². The van der Waals surface area contributed by atoms with Crippen molar-refractivity contribution >= 4 is 19.3 Å². The normalized spacial score (nSPS) is 13.0. The van der Waals surface area contributed by atoms with Crippen LogP contribution in [0.1, 0.15) is 38.9 Å². The molecule has 0 amide bonds. The van der Waals surface area contributed by atoms with Gasteiger partial charge in [-0.15, -0.1) is 0 Å². The van der Waals surface area contributed by atoms with Gasteiger partial charge in [-0.1, -0.05) is 91.0 Å². The molecule has 212 valence electrons. The third-order valence-electron chi connectivity index (χ3n) is 6.62. The van der Waals surface area contributed by atoms with Crippen molar-refractivity contribution in [3.63, 3.8) is 0 Å². The van der Waals surface area contributed by atoms with E-state index in [1.807, 2.05) is 95.9 Å². The average molecular weight is 575 g/mol. The molecule has 0 bridgehead atoms. The highest BCUT2D eigenvalue weighted by atomic mass is 31.2. The molecule has 0 fully saturated rings. The quantitative estimate of drug-likeness (QED) is 0.0715. The average Bonchev–Trinajstić information content (AvgIpc) is 3.02. The second kappa shape index (κ2) is 14.0. The van der Waals surface area contributed by atoms with Gasteiger partial charge in [0.25, 0.3) is 5.69 Å². The minimum Gasteiger partial charge on any atom is -0.453 e. The van der Waals surface area contributed by atoms with Gasteiger partial charge in [-0.05, 0) is 28.8 Å². The van der Waals surface area contributed by atoms with Gasteiger partial charge in [0.1, 0.15) is 11.9 Å². The van der Waals surface area contributed by atoms with Crippen LogP contribution in [-0.2, 0) is 24.9 Å². The molecule has 41 heavy (non-hydrogen) atoms. The fraction of sp³-hybridized carbons (Fsp3) is 0.194. The monoisotopic (exact) mass is 574 g/mol. The summed E-state index contributed by atoms with van der Waals surface area (Å²) < 4.78 is 31.2. The lowest BCUT2D eigenvalue weighted by Crippen LogP contribution is -2.34. The maximum atomic E-state index is 14.1. The first-order valence-corrected chi connectivity index (χ1v) is 14.5. The Labute approximate surface area is 239 Å². The molecule has 0 aliphatic rings. The molecular formula is C31H31N2O7P. The first-order valence-electron chi connectivity index (χ1n) is 12.9.